The van der Waals surface area contributed by atoms with Crippen LogP contribution in [0, 0.1) is 0 Å². The van der Waals surface area contributed by atoms with Crippen molar-refractivity contribution in [3.8, 4) is 0 Å². The summed E-state index contributed by atoms with van der Waals surface area (Å²) >= 11 is 0. The fourth-order valence-electron chi connectivity index (χ4n) is 2.29. The van der Waals surface area contributed by atoms with E-state index >= 15 is 0 Å². The van der Waals surface area contributed by atoms with E-state index in [1.807, 2.05) is 31.2 Å². The summed E-state index contributed by atoms with van der Waals surface area (Å²) in [6, 6.07) is 14.3. The van der Waals surface area contributed by atoms with E-state index in [1.165, 1.54) is 5.56 Å². The first kappa shape index (κ1) is 16.9. The molecule has 0 aliphatic rings. The van der Waals surface area contributed by atoms with Gasteiger partial charge in [-0.3, -0.25) is 4.79 Å². The number of amides is 1. The molecule has 0 spiro atoms. The van der Waals surface area contributed by atoms with Crippen molar-refractivity contribution in [1.82, 2.24) is 10.2 Å². The molecule has 1 aromatic heterocycles. The quantitative estimate of drug-likeness (QED) is 0.848. The molecule has 0 bridgehead atoms. The van der Waals surface area contributed by atoms with Gasteiger partial charge in [-0.2, -0.15) is 0 Å². The Morgan fingerprint density at radius 3 is 2.43 bits per heavy atom. The lowest BCUT2D eigenvalue weighted by atomic mass is 10.2. The lowest BCUT2D eigenvalue weighted by molar-refractivity contribution is -0.116. The van der Waals surface area contributed by atoms with Crippen molar-refractivity contribution in [3.05, 3.63) is 48.0 Å². The zero-order chi connectivity index (χ0) is 16.7. The van der Waals surface area contributed by atoms with Crippen LogP contribution in [0.3, 0.4) is 0 Å². The van der Waals surface area contributed by atoms with Crippen molar-refractivity contribution in [1.29, 1.82) is 0 Å². The average Bonchev–Trinajstić information content (AvgIpc) is 2.54. The monoisotopic (exact) mass is 312 g/mol. The average molecular weight is 312 g/mol. The smallest absolute Gasteiger partial charge is 0.225 e. The zero-order valence-electron chi connectivity index (χ0n) is 14.0. The van der Waals surface area contributed by atoms with E-state index in [9.17, 15) is 4.79 Å². The van der Waals surface area contributed by atoms with Crippen LogP contribution in [0.5, 0.6) is 0 Å². The first-order chi connectivity index (χ1) is 11.1. The molecule has 0 atom stereocenters. The maximum absolute atomic E-state index is 11.6. The molecular weight excluding hydrogens is 288 g/mol. The van der Waals surface area contributed by atoms with Gasteiger partial charge in [-0.1, -0.05) is 37.3 Å². The van der Waals surface area contributed by atoms with E-state index < -0.39 is 0 Å². The van der Waals surface area contributed by atoms with Gasteiger partial charge >= 0.3 is 0 Å². The molecule has 2 rings (SSSR count). The minimum atomic E-state index is -0.0282. The highest BCUT2D eigenvalue weighted by Gasteiger charge is 2.13. The van der Waals surface area contributed by atoms with Crippen LogP contribution in [0.1, 0.15) is 39.2 Å². The molecular formula is C18H24N4O. The maximum atomic E-state index is 11.6. The van der Waals surface area contributed by atoms with Crippen molar-refractivity contribution in [2.45, 2.75) is 46.2 Å². The van der Waals surface area contributed by atoms with Crippen LogP contribution >= 0.6 is 0 Å². The number of benzene rings is 1. The fraction of sp³-hybridized carbons (Fsp3) is 0.389. The largest absolute Gasteiger partial charge is 0.348 e. The van der Waals surface area contributed by atoms with Gasteiger partial charge < -0.3 is 10.2 Å². The van der Waals surface area contributed by atoms with Crippen LogP contribution in [-0.2, 0) is 11.3 Å². The summed E-state index contributed by atoms with van der Waals surface area (Å²) in [7, 11) is 0. The lowest BCUT2D eigenvalue weighted by Crippen LogP contribution is -2.31. The second kappa shape index (κ2) is 8.27. The summed E-state index contributed by atoms with van der Waals surface area (Å²) < 4.78 is 0. The van der Waals surface area contributed by atoms with Gasteiger partial charge in [-0.05, 0) is 38.0 Å². The third kappa shape index (κ3) is 5.06. The number of aromatic nitrogens is 2. The molecule has 0 fully saturated rings. The maximum Gasteiger partial charge on any atom is 0.225 e. The predicted octanol–water partition coefficient (Wildman–Crippen LogP) is 3.63. The van der Waals surface area contributed by atoms with Gasteiger partial charge in [0.25, 0.3) is 0 Å². The van der Waals surface area contributed by atoms with Crippen LogP contribution in [0.15, 0.2) is 42.5 Å². The highest BCUT2D eigenvalue weighted by atomic mass is 16.1. The van der Waals surface area contributed by atoms with Gasteiger partial charge in [0.1, 0.15) is 0 Å². The van der Waals surface area contributed by atoms with Gasteiger partial charge in [0, 0.05) is 19.0 Å². The minimum absolute atomic E-state index is 0.0282. The molecule has 0 unspecified atom stereocenters. The van der Waals surface area contributed by atoms with Crippen molar-refractivity contribution >= 4 is 17.5 Å². The lowest BCUT2D eigenvalue weighted by Gasteiger charge is -2.27. The molecule has 5 heteroatoms. The highest BCUT2D eigenvalue weighted by molar-refractivity contribution is 5.89. The summed E-state index contributed by atoms with van der Waals surface area (Å²) in [4.78, 5) is 13.8. The first-order valence-corrected chi connectivity index (χ1v) is 8.04. The van der Waals surface area contributed by atoms with Crippen molar-refractivity contribution in [2.24, 2.45) is 0 Å². The normalized spacial score (nSPS) is 10.6. The van der Waals surface area contributed by atoms with Gasteiger partial charge in [-0.25, -0.2) is 0 Å². The van der Waals surface area contributed by atoms with E-state index in [2.05, 4.69) is 46.4 Å². The van der Waals surface area contributed by atoms with Gasteiger partial charge in [-0.15, -0.1) is 10.2 Å². The van der Waals surface area contributed by atoms with E-state index in [1.54, 1.807) is 6.07 Å². The Kier molecular flexibility index (Phi) is 6.09. The molecule has 0 aliphatic heterocycles. The number of nitrogens with one attached hydrogen (secondary N) is 1. The molecule has 1 aromatic carbocycles. The Hall–Kier alpha value is -2.43. The molecule has 1 heterocycles. The van der Waals surface area contributed by atoms with Crippen LogP contribution in [0.2, 0.25) is 0 Å². The molecule has 1 N–H and O–H groups in total. The summed E-state index contributed by atoms with van der Waals surface area (Å²) in [5.74, 6) is 1.27. The minimum Gasteiger partial charge on any atom is -0.348 e. The molecule has 122 valence electrons. The van der Waals surface area contributed by atoms with Crippen LogP contribution < -0.4 is 10.2 Å². The van der Waals surface area contributed by atoms with Crippen molar-refractivity contribution < 1.29 is 4.79 Å². The van der Waals surface area contributed by atoms with E-state index in [4.69, 9.17) is 0 Å². The van der Waals surface area contributed by atoms with Crippen molar-refractivity contribution in [3.63, 3.8) is 0 Å². The molecule has 0 saturated carbocycles. The summed E-state index contributed by atoms with van der Waals surface area (Å²) in [5.41, 5.74) is 1.23. The van der Waals surface area contributed by atoms with E-state index in [0.29, 0.717) is 18.3 Å². The van der Waals surface area contributed by atoms with E-state index in [0.717, 1.165) is 18.8 Å². The number of carbonyl (C=O) groups excluding carboxylic acids is 1. The highest BCUT2D eigenvalue weighted by Crippen LogP contribution is 2.18. The predicted molar refractivity (Wildman–Crippen MR) is 93.3 cm³/mol. The van der Waals surface area contributed by atoms with Gasteiger partial charge in [0.2, 0.25) is 5.91 Å². The Morgan fingerprint density at radius 1 is 1.13 bits per heavy atom. The summed E-state index contributed by atoms with van der Waals surface area (Å²) in [6.07, 6.45) is 1.31. The van der Waals surface area contributed by atoms with Crippen LogP contribution in [0.25, 0.3) is 0 Å². The van der Waals surface area contributed by atoms with Crippen molar-refractivity contribution in [2.75, 3.05) is 10.2 Å². The number of rotatable bonds is 7. The third-order valence-corrected chi connectivity index (χ3v) is 3.51. The standard InChI is InChI=1S/C18H24N4O/c1-4-8-18(23)19-16-11-12-17(21-20-16)22(14(2)3)13-15-9-6-5-7-10-15/h5-7,9-12,14H,4,8,13H2,1-3H3,(H,19,20,23). The third-order valence-electron chi connectivity index (χ3n) is 3.51. The molecule has 1 amide bonds. The molecule has 2 aromatic rings. The number of hydrogen-bond acceptors (Lipinski definition) is 4. The van der Waals surface area contributed by atoms with E-state index in [-0.39, 0.29) is 5.91 Å². The Balaban J connectivity index is 2.09. The molecule has 0 saturated heterocycles. The number of carbonyl (C=O) groups is 1. The van der Waals surface area contributed by atoms with Gasteiger partial charge in [0.15, 0.2) is 11.6 Å². The second-order valence-corrected chi connectivity index (χ2v) is 5.78. The molecule has 23 heavy (non-hydrogen) atoms. The Morgan fingerprint density at radius 2 is 1.87 bits per heavy atom. The first-order valence-electron chi connectivity index (χ1n) is 8.04. The Labute approximate surface area is 137 Å². The molecule has 0 radical (unpaired) electrons. The topological polar surface area (TPSA) is 58.1 Å². The molecule has 0 aliphatic carbocycles. The fourth-order valence-corrected chi connectivity index (χ4v) is 2.29. The summed E-state index contributed by atoms with van der Waals surface area (Å²) in [5, 5.41) is 11.1. The zero-order valence-corrected chi connectivity index (χ0v) is 14.0. The SMILES string of the molecule is CCCC(=O)Nc1ccc(N(Cc2ccccc2)C(C)C)nn1. The van der Waals surface area contributed by atoms with Gasteiger partial charge in [0.05, 0.1) is 0 Å². The van der Waals surface area contributed by atoms with Crippen LogP contribution in [-0.4, -0.2) is 22.1 Å². The number of nitrogens with zero attached hydrogens (tertiary/aromatic N) is 3. The summed E-state index contributed by atoms with van der Waals surface area (Å²) in [6.45, 7) is 7.00. The number of anilines is 2. The van der Waals surface area contributed by atoms with Crippen LogP contribution in [0.4, 0.5) is 11.6 Å². The second-order valence-electron chi connectivity index (χ2n) is 5.78. The number of hydrogen-bond donors (Lipinski definition) is 1. The Bertz CT molecular complexity index is 611. The molecule has 5 nitrogen and oxygen atoms in total.